The van der Waals surface area contributed by atoms with E-state index >= 15 is 0 Å². The molecule has 0 heterocycles. The molecule has 9 rings (SSSR count). The van der Waals surface area contributed by atoms with Gasteiger partial charge < -0.3 is 9.80 Å². The molecule has 0 saturated heterocycles. The Kier molecular flexibility index (Phi) is 11.8. The molecule has 0 spiro atoms. The molecule has 62 heavy (non-hydrogen) atoms. The monoisotopic (exact) mass is 796 g/mol. The van der Waals surface area contributed by atoms with E-state index in [0.717, 1.165) is 45.3 Å². The predicted molar refractivity (Wildman–Crippen MR) is 267 cm³/mol. The molecule has 9 aromatic rings. The number of aryl methyl sites for hydroxylation is 2. The van der Waals surface area contributed by atoms with Gasteiger partial charge in [-0.1, -0.05) is 182 Å². The molecular weight excluding hydrogens is 749 g/mol. The van der Waals surface area contributed by atoms with Crippen LogP contribution in [0.25, 0.3) is 46.6 Å². The third kappa shape index (κ3) is 9.11. The van der Waals surface area contributed by atoms with Crippen LogP contribution in [-0.2, 0) is 0 Å². The van der Waals surface area contributed by atoms with E-state index in [2.05, 4.69) is 278 Å². The zero-order valence-corrected chi connectivity index (χ0v) is 35.1. The van der Waals surface area contributed by atoms with Crippen LogP contribution in [0.15, 0.2) is 231 Å². The maximum absolute atomic E-state index is 2.34. The van der Waals surface area contributed by atoms with Crippen molar-refractivity contribution in [1.29, 1.82) is 0 Å². The van der Waals surface area contributed by atoms with Crippen LogP contribution in [0.1, 0.15) is 33.4 Å². The first-order valence-corrected chi connectivity index (χ1v) is 21.2. The molecule has 0 atom stereocenters. The third-order valence-electron chi connectivity index (χ3n) is 11.3. The summed E-state index contributed by atoms with van der Waals surface area (Å²) in [5.74, 6) is 0. The number of anilines is 6. The van der Waals surface area contributed by atoms with Crippen LogP contribution in [0.2, 0.25) is 0 Å². The van der Waals surface area contributed by atoms with Crippen LogP contribution in [0.3, 0.4) is 0 Å². The lowest BCUT2D eigenvalue weighted by molar-refractivity contribution is 1.28. The van der Waals surface area contributed by atoms with Gasteiger partial charge in [-0.15, -0.1) is 0 Å². The molecule has 0 amide bonds. The number of rotatable bonds is 12. The van der Waals surface area contributed by atoms with Gasteiger partial charge in [-0.2, -0.15) is 0 Å². The van der Waals surface area contributed by atoms with Crippen molar-refractivity contribution in [2.45, 2.75) is 13.8 Å². The van der Waals surface area contributed by atoms with Crippen LogP contribution in [-0.4, -0.2) is 0 Å². The zero-order valence-electron chi connectivity index (χ0n) is 35.1. The molecule has 0 saturated carbocycles. The van der Waals surface area contributed by atoms with Gasteiger partial charge in [0.2, 0.25) is 0 Å². The van der Waals surface area contributed by atoms with Gasteiger partial charge in [0, 0.05) is 34.1 Å². The van der Waals surface area contributed by atoms with E-state index in [9.17, 15) is 0 Å². The lowest BCUT2D eigenvalue weighted by atomic mass is 9.92. The quantitative estimate of drug-likeness (QED) is 0.114. The minimum absolute atomic E-state index is 1.11. The van der Waals surface area contributed by atoms with E-state index in [1.54, 1.807) is 0 Å². The van der Waals surface area contributed by atoms with Gasteiger partial charge in [0.05, 0.1) is 0 Å². The Hall–Kier alpha value is -7.94. The standard InChI is InChI=1S/C60H48N2/c1-45-23-31-49(32-24-45)50-35-37-51(38-36-50)60-44-52(33-25-47-27-39-58(40-28-47)61(54-15-7-3-8-16-54)55-17-9-4-10-18-55)46(2)43-53(60)34-26-48-29-41-59(42-30-48)62(56-19-11-5-12-20-56)57-21-13-6-14-22-57/h3-44H,1-2H3. The van der Waals surface area contributed by atoms with E-state index in [0.29, 0.717) is 0 Å². The van der Waals surface area contributed by atoms with Crippen molar-refractivity contribution < 1.29 is 0 Å². The molecule has 2 heteroatoms. The van der Waals surface area contributed by atoms with E-state index in [4.69, 9.17) is 0 Å². The molecule has 0 fully saturated rings. The highest BCUT2D eigenvalue weighted by molar-refractivity contribution is 5.86. The van der Waals surface area contributed by atoms with Crippen molar-refractivity contribution in [3.05, 3.63) is 264 Å². The first-order valence-electron chi connectivity index (χ1n) is 21.2. The zero-order chi connectivity index (χ0) is 42.1. The van der Waals surface area contributed by atoms with Gasteiger partial charge in [-0.3, -0.25) is 0 Å². The van der Waals surface area contributed by atoms with Crippen molar-refractivity contribution in [2.24, 2.45) is 0 Å². The predicted octanol–water partition coefficient (Wildman–Crippen LogP) is 16.9. The average molecular weight is 797 g/mol. The van der Waals surface area contributed by atoms with Gasteiger partial charge in [-0.25, -0.2) is 0 Å². The summed E-state index contributed by atoms with van der Waals surface area (Å²) in [6.07, 6.45) is 8.95. The fourth-order valence-electron chi connectivity index (χ4n) is 7.95. The average Bonchev–Trinajstić information content (AvgIpc) is 3.33. The molecule has 0 bridgehead atoms. The van der Waals surface area contributed by atoms with Crippen molar-refractivity contribution in [1.82, 2.24) is 0 Å². The van der Waals surface area contributed by atoms with E-state index in [1.165, 1.54) is 44.5 Å². The lowest BCUT2D eigenvalue weighted by Crippen LogP contribution is -2.09. The smallest absolute Gasteiger partial charge is 0.0462 e. The normalized spacial score (nSPS) is 11.3. The molecule has 0 N–H and O–H groups in total. The topological polar surface area (TPSA) is 6.48 Å². The highest BCUT2D eigenvalue weighted by atomic mass is 15.1. The Morgan fingerprint density at radius 3 is 1.03 bits per heavy atom. The van der Waals surface area contributed by atoms with Gasteiger partial charge in [0.15, 0.2) is 0 Å². The summed E-state index contributed by atoms with van der Waals surface area (Å²) in [7, 11) is 0. The van der Waals surface area contributed by atoms with Crippen LogP contribution in [0.5, 0.6) is 0 Å². The molecule has 0 radical (unpaired) electrons. The largest absolute Gasteiger partial charge is 0.311 e. The van der Waals surface area contributed by atoms with Crippen LogP contribution in [0, 0.1) is 13.8 Å². The minimum atomic E-state index is 1.11. The van der Waals surface area contributed by atoms with E-state index in [1.807, 2.05) is 0 Å². The van der Waals surface area contributed by atoms with Crippen LogP contribution >= 0.6 is 0 Å². The molecule has 0 aliphatic heterocycles. The third-order valence-corrected chi connectivity index (χ3v) is 11.3. The number of hydrogen-bond donors (Lipinski definition) is 0. The lowest BCUT2D eigenvalue weighted by Gasteiger charge is -2.25. The van der Waals surface area contributed by atoms with Crippen molar-refractivity contribution in [2.75, 3.05) is 9.80 Å². The van der Waals surface area contributed by atoms with Gasteiger partial charge in [-0.05, 0) is 143 Å². The molecule has 0 aliphatic rings. The van der Waals surface area contributed by atoms with Crippen LogP contribution in [0.4, 0.5) is 34.1 Å². The summed E-state index contributed by atoms with van der Waals surface area (Å²) in [4.78, 5) is 4.58. The summed E-state index contributed by atoms with van der Waals surface area (Å²) in [5, 5.41) is 0. The Morgan fingerprint density at radius 2 is 0.629 bits per heavy atom. The summed E-state index contributed by atoms with van der Waals surface area (Å²) in [6, 6.07) is 82.2. The molecular formula is C60H48N2. The van der Waals surface area contributed by atoms with E-state index < -0.39 is 0 Å². The summed E-state index contributed by atoms with van der Waals surface area (Å²) in [6.45, 7) is 4.34. The minimum Gasteiger partial charge on any atom is -0.311 e. The maximum atomic E-state index is 2.34. The van der Waals surface area contributed by atoms with Crippen molar-refractivity contribution in [3.8, 4) is 22.3 Å². The Labute approximate surface area is 366 Å². The fraction of sp³-hybridized carbons (Fsp3) is 0.0333. The maximum Gasteiger partial charge on any atom is 0.0462 e. The molecule has 0 unspecified atom stereocenters. The van der Waals surface area contributed by atoms with Crippen LogP contribution < -0.4 is 9.80 Å². The molecule has 0 aliphatic carbocycles. The first-order chi connectivity index (χ1) is 30.6. The Morgan fingerprint density at radius 1 is 0.290 bits per heavy atom. The van der Waals surface area contributed by atoms with E-state index in [-0.39, 0.29) is 0 Å². The van der Waals surface area contributed by atoms with Gasteiger partial charge in [0.25, 0.3) is 0 Å². The second-order valence-electron chi connectivity index (χ2n) is 15.6. The summed E-state index contributed by atoms with van der Waals surface area (Å²) in [5.41, 5.74) is 18.6. The SMILES string of the molecule is Cc1ccc(-c2ccc(-c3cc(C=Cc4ccc(N(c5ccccc5)c5ccccc5)cc4)c(C)cc3C=Cc3ccc(N(c4ccccc4)c4ccccc4)cc3)cc2)cc1. The second kappa shape index (κ2) is 18.5. The van der Waals surface area contributed by atoms with Crippen molar-refractivity contribution >= 4 is 58.4 Å². The molecule has 298 valence electrons. The number of benzene rings is 9. The van der Waals surface area contributed by atoms with Crippen molar-refractivity contribution in [3.63, 3.8) is 0 Å². The highest BCUT2D eigenvalue weighted by Crippen LogP contribution is 2.37. The first kappa shape index (κ1) is 39.5. The Balaban J connectivity index is 1.02. The molecule has 2 nitrogen and oxygen atoms in total. The number of hydrogen-bond acceptors (Lipinski definition) is 2. The fourth-order valence-corrected chi connectivity index (χ4v) is 7.95. The summed E-state index contributed by atoms with van der Waals surface area (Å²) >= 11 is 0. The van der Waals surface area contributed by atoms with Gasteiger partial charge in [0.1, 0.15) is 0 Å². The second-order valence-corrected chi connectivity index (χ2v) is 15.6. The summed E-state index contributed by atoms with van der Waals surface area (Å²) < 4.78 is 0. The molecule has 0 aromatic heterocycles. The number of para-hydroxylation sites is 4. The van der Waals surface area contributed by atoms with Gasteiger partial charge >= 0.3 is 0 Å². The Bertz CT molecular complexity index is 2820. The number of nitrogens with zero attached hydrogens (tertiary/aromatic N) is 2. The highest BCUT2D eigenvalue weighted by Gasteiger charge is 2.14. The molecule has 9 aromatic carbocycles.